The van der Waals surface area contributed by atoms with Crippen LogP contribution in [0.15, 0.2) is 42.7 Å². The fourth-order valence-corrected chi connectivity index (χ4v) is 2.02. The summed E-state index contributed by atoms with van der Waals surface area (Å²) in [5, 5.41) is 4.25. The van der Waals surface area contributed by atoms with Gasteiger partial charge in [-0.05, 0) is 18.6 Å². The van der Waals surface area contributed by atoms with E-state index in [1.807, 2.05) is 43.5 Å². The van der Waals surface area contributed by atoms with Crippen molar-refractivity contribution in [2.75, 3.05) is 0 Å². The minimum absolute atomic E-state index is 0.0726. The van der Waals surface area contributed by atoms with E-state index in [-0.39, 0.29) is 11.7 Å². The predicted octanol–water partition coefficient (Wildman–Crippen LogP) is 3.49. The van der Waals surface area contributed by atoms with E-state index in [0.717, 1.165) is 18.5 Å². The van der Waals surface area contributed by atoms with Crippen LogP contribution in [0.4, 0.5) is 0 Å². The maximum atomic E-state index is 12.1. The molecule has 0 fully saturated rings. The summed E-state index contributed by atoms with van der Waals surface area (Å²) in [6, 6.07) is 9.81. The number of rotatable bonds is 5. The molecule has 1 heterocycles. The first-order valence-electron chi connectivity index (χ1n) is 6.36. The average molecular weight is 242 g/mol. The standard InChI is InChI=1S/C15H18N2O/c1-3-7-12(2)15(18)13-10-16-17(11-13)14-8-5-4-6-9-14/h4-6,8-12H,3,7H2,1-2H3. The Kier molecular flexibility index (Phi) is 3.92. The van der Waals surface area contributed by atoms with Crippen molar-refractivity contribution in [3.05, 3.63) is 48.3 Å². The van der Waals surface area contributed by atoms with Crippen LogP contribution >= 0.6 is 0 Å². The Labute approximate surface area is 107 Å². The van der Waals surface area contributed by atoms with Crippen LogP contribution in [0.5, 0.6) is 0 Å². The molecule has 0 saturated heterocycles. The number of aromatic nitrogens is 2. The third-order valence-electron chi connectivity index (χ3n) is 3.06. The molecule has 1 aromatic heterocycles. The predicted molar refractivity (Wildman–Crippen MR) is 72.0 cm³/mol. The minimum Gasteiger partial charge on any atom is -0.294 e. The molecule has 1 aromatic carbocycles. The van der Waals surface area contributed by atoms with Gasteiger partial charge in [0.15, 0.2) is 5.78 Å². The molecular formula is C15H18N2O. The average Bonchev–Trinajstić information content (AvgIpc) is 2.89. The zero-order valence-corrected chi connectivity index (χ0v) is 10.8. The number of hydrogen-bond donors (Lipinski definition) is 0. The van der Waals surface area contributed by atoms with E-state index in [1.165, 1.54) is 0 Å². The number of para-hydroxylation sites is 1. The van der Waals surface area contributed by atoms with Crippen molar-refractivity contribution in [1.82, 2.24) is 9.78 Å². The lowest BCUT2D eigenvalue weighted by Gasteiger charge is -2.06. The zero-order chi connectivity index (χ0) is 13.0. The molecule has 0 aliphatic heterocycles. The third-order valence-corrected chi connectivity index (χ3v) is 3.06. The second-order valence-electron chi connectivity index (χ2n) is 4.56. The summed E-state index contributed by atoms with van der Waals surface area (Å²) in [6.45, 7) is 4.07. The van der Waals surface area contributed by atoms with E-state index in [1.54, 1.807) is 10.9 Å². The summed E-state index contributed by atoms with van der Waals surface area (Å²) >= 11 is 0. The lowest BCUT2D eigenvalue weighted by atomic mass is 9.97. The van der Waals surface area contributed by atoms with Crippen molar-refractivity contribution < 1.29 is 4.79 Å². The highest BCUT2D eigenvalue weighted by Gasteiger charge is 2.16. The summed E-state index contributed by atoms with van der Waals surface area (Å²) in [5.74, 6) is 0.252. The largest absolute Gasteiger partial charge is 0.294 e. The summed E-state index contributed by atoms with van der Waals surface area (Å²) in [5.41, 5.74) is 1.67. The Morgan fingerprint density at radius 1 is 1.33 bits per heavy atom. The Morgan fingerprint density at radius 3 is 2.72 bits per heavy atom. The highest BCUT2D eigenvalue weighted by atomic mass is 16.1. The Morgan fingerprint density at radius 2 is 2.06 bits per heavy atom. The molecule has 3 nitrogen and oxygen atoms in total. The van der Waals surface area contributed by atoms with Gasteiger partial charge in [0.25, 0.3) is 0 Å². The topological polar surface area (TPSA) is 34.9 Å². The lowest BCUT2D eigenvalue weighted by molar-refractivity contribution is 0.0923. The molecule has 94 valence electrons. The molecule has 1 unspecified atom stereocenters. The molecule has 1 atom stereocenters. The monoisotopic (exact) mass is 242 g/mol. The van der Waals surface area contributed by atoms with Crippen molar-refractivity contribution >= 4 is 5.78 Å². The van der Waals surface area contributed by atoms with E-state index in [2.05, 4.69) is 12.0 Å². The van der Waals surface area contributed by atoms with Crippen molar-refractivity contribution in [1.29, 1.82) is 0 Å². The van der Waals surface area contributed by atoms with Crippen LogP contribution in [0.2, 0.25) is 0 Å². The second-order valence-corrected chi connectivity index (χ2v) is 4.56. The summed E-state index contributed by atoms with van der Waals surface area (Å²) < 4.78 is 1.74. The van der Waals surface area contributed by atoms with E-state index in [9.17, 15) is 4.79 Å². The fraction of sp³-hybridized carbons (Fsp3) is 0.333. The van der Waals surface area contributed by atoms with Gasteiger partial charge in [0.1, 0.15) is 0 Å². The number of Topliss-reactive ketones (excluding diaryl/α,β-unsaturated/α-hetero) is 1. The SMILES string of the molecule is CCCC(C)C(=O)c1cnn(-c2ccccc2)c1. The van der Waals surface area contributed by atoms with Crippen LogP contribution < -0.4 is 0 Å². The first kappa shape index (κ1) is 12.6. The van der Waals surface area contributed by atoms with Crippen molar-refractivity contribution in [3.8, 4) is 5.69 Å². The summed E-state index contributed by atoms with van der Waals surface area (Å²) in [7, 11) is 0. The van der Waals surface area contributed by atoms with Crippen LogP contribution in [0.3, 0.4) is 0 Å². The summed E-state index contributed by atoms with van der Waals surface area (Å²) in [4.78, 5) is 12.1. The van der Waals surface area contributed by atoms with Gasteiger partial charge in [0.05, 0.1) is 17.4 Å². The van der Waals surface area contributed by atoms with Crippen molar-refractivity contribution in [2.24, 2.45) is 5.92 Å². The van der Waals surface area contributed by atoms with E-state index < -0.39 is 0 Å². The lowest BCUT2D eigenvalue weighted by Crippen LogP contribution is -2.10. The first-order chi connectivity index (χ1) is 8.72. The first-order valence-corrected chi connectivity index (χ1v) is 6.36. The van der Waals surface area contributed by atoms with Crippen LogP contribution in [0.1, 0.15) is 37.0 Å². The molecule has 0 aliphatic rings. The molecule has 0 aliphatic carbocycles. The van der Waals surface area contributed by atoms with Crippen LogP contribution in [-0.2, 0) is 0 Å². The van der Waals surface area contributed by atoms with E-state index in [4.69, 9.17) is 0 Å². The molecule has 0 saturated carbocycles. The number of nitrogens with zero attached hydrogens (tertiary/aromatic N) is 2. The van der Waals surface area contributed by atoms with Gasteiger partial charge in [-0.3, -0.25) is 4.79 Å². The molecular weight excluding hydrogens is 224 g/mol. The maximum absolute atomic E-state index is 12.1. The van der Waals surface area contributed by atoms with Gasteiger partial charge in [-0.15, -0.1) is 0 Å². The van der Waals surface area contributed by atoms with Crippen molar-refractivity contribution in [2.45, 2.75) is 26.7 Å². The molecule has 0 amide bonds. The highest BCUT2D eigenvalue weighted by molar-refractivity contribution is 5.97. The molecule has 18 heavy (non-hydrogen) atoms. The van der Waals surface area contributed by atoms with Gasteiger partial charge in [-0.2, -0.15) is 5.10 Å². The molecule has 3 heteroatoms. The molecule has 0 radical (unpaired) electrons. The van der Waals surface area contributed by atoms with Crippen LogP contribution in [0.25, 0.3) is 5.69 Å². The smallest absolute Gasteiger partial charge is 0.168 e. The molecule has 0 N–H and O–H groups in total. The second kappa shape index (κ2) is 5.63. The van der Waals surface area contributed by atoms with Gasteiger partial charge in [0.2, 0.25) is 0 Å². The van der Waals surface area contributed by atoms with E-state index >= 15 is 0 Å². The Bertz CT molecular complexity index is 516. The number of ketones is 1. The Hall–Kier alpha value is -1.90. The molecule has 0 bridgehead atoms. The van der Waals surface area contributed by atoms with Crippen molar-refractivity contribution in [3.63, 3.8) is 0 Å². The zero-order valence-electron chi connectivity index (χ0n) is 10.8. The van der Waals surface area contributed by atoms with Gasteiger partial charge in [0, 0.05) is 12.1 Å². The summed E-state index contributed by atoms with van der Waals surface area (Å²) in [6.07, 6.45) is 5.42. The van der Waals surface area contributed by atoms with E-state index in [0.29, 0.717) is 5.56 Å². The van der Waals surface area contributed by atoms with Gasteiger partial charge in [-0.1, -0.05) is 38.5 Å². The van der Waals surface area contributed by atoms with Gasteiger partial charge >= 0.3 is 0 Å². The molecule has 2 rings (SSSR count). The quantitative estimate of drug-likeness (QED) is 0.752. The molecule has 2 aromatic rings. The number of carbonyl (C=O) groups is 1. The maximum Gasteiger partial charge on any atom is 0.168 e. The Balaban J connectivity index is 2.18. The van der Waals surface area contributed by atoms with Crippen LogP contribution in [0, 0.1) is 5.92 Å². The number of carbonyl (C=O) groups excluding carboxylic acids is 1. The minimum atomic E-state index is 0.0726. The number of hydrogen-bond acceptors (Lipinski definition) is 2. The number of benzene rings is 1. The highest BCUT2D eigenvalue weighted by Crippen LogP contribution is 2.15. The van der Waals surface area contributed by atoms with Gasteiger partial charge in [-0.25, -0.2) is 4.68 Å². The molecule has 0 spiro atoms. The van der Waals surface area contributed by atoms with Gasteiger partial charge < -0.3 is 0 Å². The normalized spacial score (nSPS) is 12.3. The van der Waals surface area contributed by atoms with Crippen LogP contribution in [-0.4, -0.2) is 15.6 Å². The third kappa shape index (κ3) is 2.67. The fourth-order valence-electron chi connectivity index (χ4n) is 2.02.